The van der Waals surface area contributed by atoms with E-state index in [1.54, 1.807) is 50.6 Å². The number of nitrogens with zero attached hydrogens (tertiary/aromatic N) is 3. The molecule has 2 aromatic rings. The summed E-state index contributed by atoms with van der Waals surface area (Å²) in [5.74, 6) is -0.887. The van der Waals surface area contributed by atoms with E-state index in [1.165, 1.54) is 0 Å². The maximum atomic E-state index is 11.8. The minimum Gasteiger partial charge on any atom is -0.480 e. The lowest BCUT2D eigenvalue weighted by Crippen LogP contribution is -2.44. The summed E-state index contributed by atoms with van der Waals surface area (Å²) in [7, 11) is 1.71. The SMILES string of the molecule is Cn1c(C#N)nc2ccc(CC(NC(=O)OC(C)(C)C)C(=O)O)cc21. The first-order valence-electron chi connectivity index (χ1n) is 7.68. The highest BCUT2D eigenvalue weighted by Crippen LogP contribution is 2.18. The van der Waals surface area contributed by atoms with Crippen LogP contribution >= 0.6 is 0 Å². The molecule has 0 aliphatic rings. The van der Waals surface area contributed by atoms with Crippen molar-refractivity contribution in [1.29, 1.82) is 5.26 Å². The third-order valence-electron chi connectivity index (χ3n) is 3.47. The van der Waals surface area contributed by atoms with Crippen LogP contribution in [0.1, 0.15) is 32.2 Å². The Morgan fingerprint density at radius 2 is 2.12 bits per heavy atom. The average molecular weight is 344 g/mol. The smallest absolute Gasteiger partial charge is 0.408 e. The van der Waals surface area contributed by atoms with Crippen LogP contribution < -0.4 is 5.32 Å². The Morgan fingerprint density at radius 1 is 1.44 bits per heavy atom. The van der Waals surface area contributed by atoms with E-state index in [4.69, 9.17) is 10.00 Å². The van der Waals surface area contributed by atoms with Crippen LogP contribution in [0.25, 0.3) is 11.0 Å². The van der Waals surface area contributed by atoms with Crippen molar-refractivity contribution in [3.63, 3.8) is 0 Å². The first-order valence-corrected chi connectivity index (χ1v) is 7.68. The molecule has 1 heterocycles. The standard InChI is InChI=1S/C17H20N4O4/c1-17(2,3)25-16(24)20-12(15(22)23)7-10-5-6-11-13(8-10)21(4)14(9-18)19-11/h5-6,8,12H,7H2,1-4H3,(H,20,24)(H,22,23). The van der Waals surface area contributed by atoms with Gasteiger partial charge in [-0.15, -0.1) is 0 Å². The van der Waals surface area contributed by atoms with Gasteiger partial charge < -0.3 is 19.7 Å². The van der Waals surface area contributed by atoms with Crippen molar-refractivity contribution in [1.82, 2.24) is 14.9 Å². The van der Waals surface area contributed by atoms with Crippen LogP contribution in [-0.4, -0.2) is 38.4 Å². The van der Waals surface area contributed by atoms with Crippen molar-refractivity contribution in [3.8, 4) is 6.07 Å². The van der Waals surface area contributed by atoms with E-state index in [2.05, 4.69) is 10.3 Å². The number of fused-ring (bicyclic) bond motifs is 1. The van der Waals surface area contributed by atoms with Crippen LogP contribution in [0, 0.1) is 11.3 Å². The Bertz CT molecular complexity index is 858. The van der Waals surface area contributed by atoms with Gasteiger partial charge >= 0.3 is 12.1 Å². The topological polar surface area (TPSA) is 117 Å². The number of rotatable bonds is 4. The highest BCUT2D eigenvalue weighted by Gasteiger charge is 2.24. The molecule has 8 nitrogen and oxygen atoms in total. The van der Waals surface area contributed by atoms with E-state index in [0.717, 1.165) is 5.52 Å². The van der Waals surface area contributed by atoms with Gasteiger partial charge in [-0.3, -0.25) is 0 Å². The van der Waals surface area contributed by atoms with E-state index in [-0.39, 0.29) is 12.2 Å². The first-order chi connectivity index (χ1) is 11.6. The van der Waals surface area contributed by atoms with Gasteiger partial charge in [-0.1, -0.05) is 6.07 Å². The van der Waals surface area contributed by atoms with Crippen LogP contribution in [-0.2, 0) is 23.0 Å². The molecule has 1 aromatic carbocycles. The van der Waals surface area contributed by atoms with Crippen molar-refractivity contribution < 1.29 is 19.4 Å². The lowest BCUT2D eigenvalue weighted by Gasteiger charge is -2.22. The minimum atomic E-state index is -1.16. The molecule has 0 bridgehead atoms. The number of carbonyl (C=O) groups is 2. The van der Waals surface area contributed by atoms with Crippen molar-refractivity contribution in [2.45, 2.75) is 38.8 Å². The van der Waals surface area contributed by atoms with Crippen LogP contribution in [0.5, 0.6) is 0 Å². The fourth-order valence-electron chi connectivity index (χ4n) is 2.35. The highest BCUT2D eigenvalue weighted by molar-refractivity contribution is 5.81. The fraction of sp³-hybridized carbons (Fsp3) is 0.412. The number of aryl methyl sites for hydroxylation is 1. The summed E-state index contributed by atoms with van der Waals surface area (Å²) in [6.07, 6.45) is -0.703. The maximum absolute atomic E-state index is 11.8. The van der Waals surface area contributed by atoms with Crippen LogP contribution in [0.2, 0.25) is 0 Å². The number of amides is 1. The van der Waals surface area contributed by atoms with Gasteiger partial charge in [0.05, 0.1) is 11.0 Å². The second kappa shape index (κ2) is 6.81. The zero-order valence-corrected chi connectivity index (χ0v) is 14.5. The molecule has 2 rings (SSSR count). The molecule has 2 N–H and O–H groups in total. The normalized spacial score (nSPS) is 12.4. The summed E-state index contributed by atoms with van der Waals surface area (Å²) in [6.45, 7) is 5.10. The third kappa shape index (κ3) is 4.47. The summed E-state index contributed by atoms with van der Waals surface area (Å²) in [5.41, 5.74) is 1.35. The number of carbonyl (C=O) groups excluding carboxylic acids is 1. The number of aromatic nitrogens is 2. The molecule has 25 heavy (non-hydrogen) atoms. The minimum absolute atomic E-state index is 0.0809. The molecule has 0 spiro atoms. The number of hydrogen-bond acceptors (Lipinski definition) is 5. The molecular weight excluding hydrogens is 324 g/mol. The number of carboxylic acids is 1. The third-order valence-corrected chi connectivity index (χ3v) is 3.47. The number of ether oxygens (including phenoxy) is 1. The van der Waals surface area contributed by atoms with E-state index < -0.39 is 23.7 Å². The maximum Gasteiger partial charge on any atom is 0.408 e. The number of carboxylic acid groups (broad SMARTS) is 1. The summed E-state index contributed by atoms with van der Waals surface area (Å²) in [4.78, 5) is 27.5. The molecular formula is C17H20N4O4. The van der Waals surface area contributed by atoms with Crippen molar-refractivity contribution in [2.75, 3.05) is 0 Å². The summed E-state index contributed by atoms with van der Waals surface area (Å²) in [6, 6.07) is 6.07. The lowest BCUT2D eigenvalue weighted by molar-refractivity contribution is -0.139. The summed E-state index contributed by atoms with van der Waals surface area (Å²) >= 11 is 0. The second-order valence-corrected chi connectivity index (χ2v) is 6.67. The summed E-state index contributed by atoms with van der Waals surface area (Å²) in [5, 5.41) is 20.8. The van der Waals surface area contributed by atoms with Gasteiger partial charge in [0.1, 0.15) is 17.7 Å². The zero-order chi connectivity index (χ0) is 18.8. The van der Waals surface area contributed by atoms with Gasteiger partial charge in [-0.05, 0) is 38.5 Å². The number of aliphatic carboxylic acids is 1. The molecule has 1 aromatic heterocycles. The molecule has 1 unspecified atom stereocenters. The van der Waals surface area contributed by atoms with Crippen LogP contribution in [0.3, 0.4) is 0 Å². The van der Waals surface area contributed by atoms with Crippen LogP contribution in [0.15, 0.2) is 18.2 Å². The Morgan fingerprint density at radius 3 is 2.68 bits per heavy atom. The molecule has 1 atom stereocenters. The van der Waals surface area contributed by atoms with Gasteiger partial charge in [0.2, 0.25) is 5.82 Å². The second-order valence-electron chi connectivity index (χ2n) is 6.67. The van der Waals surface area contributed by atoms with E-state index >= 15 is 0 Å². The van der Waals surface area contributed by atoms with E-state index in [9.17, 15) is 14.7 Å². The van der Waals surface area contributed by atoms with E-state index in [1.807, 2.05) is 6.07 Å². The quantitative estimate of drug-likeness (QED) is 0.875. The average Bonchev–Trinajstić information content (AvgIpc) is 2.81. The number of imidazole rings is 1. The molecule has 0 saturated heterocycles. The largest absolute Gasteiger partial charge is 0.480 e. The summed E-state index contributed by atoms with van der Waals surface area (Å²) < 4.78 is 6.73. The zero-order valence-electron chi connectivity index (χ0n) is 14.5. The Hall–Kier alpha value is -3.08. The van der Waals surface area contributed by atoms with Crippen LogP contribution in [0.4, 0.5) is 4.79 Å². The predicted molar refractivity (Wildman–Crippen MR) is 89.9 cm³/mol. The van der Waals surface area contributed by atoms with E-state index in [0.29, 0.717) is 11.1 Å². The van der Waals surface area contributed by atoms with Crippen molar-refractivity contribution >= 4 is 23.1 Å². The number of alkyl carbamates (subject to hydrolysis) is 1. The van der Waals surface area contributed by atoms with Gasteiger partial charge in [-0.2, -0.15) is 5.26 Å². The number of benzene rings is 1. The predicted octanol–water partition coefficient (Wildman–Crippen LogP) is 1.97. The fourth-order valence-corrected chi connectivity index (χ4v) is 2.35. The van der Waals surface area contributed by atoms with Gasteiger partial charge in [0, 0.05) is 13.5 Å². The Labute approximate surface area is 145 Å². The molecule has 8 heteroatoms. The van der Waals surface area contributed by atoms with Crippen molar-refractivity contribution in [2.24, 2.45) is 7.05 Å². The molecule has 0 radical (unpaired) electrons. The Balaban J connectivity index is 2.21. The number of nitrogens with one attached hydrogen (secondary N) is 1. The van der Waals surface area contributed by atoms with Gasteiger partial charge in [0.15, 0.2) is 0 Å². The lowest BCUT2D eigenvalue weighted by atomic mass is 10.1. The Kier molecular flexibility index (Phi) is 4.97. The van der Waals surface area contributed by atoms with Gasteiger partial charge in [-0.25, -0.2) is 14.6 Å². The highest BCUT2D eigenvalue weighted by atomic mass is 16.6. The number of hydrogen-bond donors (Lipinski definition) is 2. The molecule has 0 fully saturated rings. The molecule has 0 aliphatic carbocycles. The molecule has 1 amide bonds. The molecule has 0 aliphatic heterocycles. The monoisotopic (exact) mass is 344 g/mol. The first kappa shape index (κ1) is 18.3. The number of nitriles is 1. The molecule has 0 saturated carbocycles. The van der Waals surface area contributed by atoms with Crippen molar-refractivity contribution in [3.05, 3.63) is 29.6 Å². The molecule has 132 valence electrons. The van der Waals surface area contributed by atoms with Gasteiger partial charge in [0.25, 0.3) is 0 Å².